The molecule has 3 heterocycles. The largest absolute Gasteiger partial charge is 0.466 e. The Labute approximate surface area is 163 Å². The number of likely N-dealkylation sites (tertiary alicyclic amines) is 1. The van der Waals surface area contributed by atoms with E-state index in [0.717, 1.165) is 29.6 Å². The zero-order chi connectivity index (χ0) is 19.0. The second-order valence-electron chi connectivity index (χ2n) is 7.42. The molecule has 2 unspecified atom stereocenters. The van der Waals surface area contributed by atoms with E-state index in [4.69, 9.17) is 16.3 Å². The average Bonchev–Trinajstić information content (AvgIpc) is 3.27. The Morgan fingerprint density at radius 1 is 1.30 bits per heavy atom. The lowest BCUT2D eigenvalue weighted by molar-refractivity contribution is -0.154. The maximum absolute atomic E-state index is 13.0. The van der Waals surface area contributed by atoms with E-state index in [2.05, 4.69) is 10.3 Å². The van der Waals surface area contributed by atoms with E-state index in [1.807, 2.05) is 36.2 Å². The Morgan fingerprint density at radius 3 is 2.96 bits per heavy atom. The SMILES string of the molecule is CCOC(=O)C1CN(C(=O)Cc2c[nH]c3cc(Cl)ccc23)CC2CNC[C@@H]21. The monoisotopic (exact) mass is 389 g/mol. The van der Waals surface area contributed by atoms with Gasteiger partial charge >= 0.3 is 5.97 Å². The van der Waals surface area contributed by atoms with Gasteiger partial charge in [0.25, 0.3) is 0 Å². The highest BCUT2D eigenvalue weighted by molar-refractivity contribution is 6.31. The highest BCUT2D eigenvalue weighted by Gasteiger charge is 2.44. The molecule has 2 N–H and O–H groups in total. The number of aromatic nitrogens is 1. The van der Waals surface area contributed by atoms with Crippen LogP contribution in [0.25, 0.3) is 10.9 Å². The van der Waals surface area contributed by atoms with E-state index in [9.17, 15) is 9.59 Å². The third-order valence-electron chi connectivity index (χ3n) is 5.79. The molecule has 7 heteroatoms. The summed E-state index contributed by atoms with van der Waals surface area (Å²) in [7, 11) is 0. The lowest BCUT2D eigenvalue weighted by Gasteiger charge is -2.39. The molecule has 4 rings (SSSR count). The summed E-state index contributed by atoms with van der Waals surface area (Å²) in [4.78, 5) is 30.4. The molecule has 3 atom stereocenters. The predicted molar refractivity (Wildman–Crippen MR) is 104 cm³/mol. The number of carbonyl (C=O) groups is 2. The fraction of sp³-hybridized carbons (Fsp3) is 0.500. The second kappa shape index (κ2) is 7.52. The number of aromatic amines is 1. The lowest BCUT2D eigenvalue weighted by Crippen LogP contribution is -2.51. The van der Waals surface area contributed by atoms with Crippen molar-refractivity contribution >= 4 is 34.4 Å². The van der Waals surface area contributed by atoms with Gasteiger partial charge in [0.15, 0.2) is 0 Å². The van der Waals surface area contributed by atoms with Crippen molar-refractivity contribution < 1.29 is 14.3 Å². The first-order valence-corrected chi connectivity index (χ1v) is 9.85. The molecule has 27 heavy (non-hydrogen) atoms. The van der Waals surface area contributed by atoms with Gasteiger partial charge in [-0.1, -0.05) is 17.7 Å². The van der Waals surface area contributed by atoms with E-state index < -0.39 is 0 Å². The Bertz CT molecular complexity index is 865. The Hall–Kier alpha value is -2.05. The number of halogens is 1. The van der Waals surface area contributed by atoms with Crippen LogP contribution in [0.4, 0.5) is 0 Å². The summed E-state index contributed by atoms with van der Waals surface area (Å²) < 4.78 is 5.27. The minimum Gasteiger partial charge on any atom is -0.466 e. The number of amides is 1. The Balaban J connectivity index is 1.51. The maximum atomic E-state index is 13.0. The smallest absolute Gasteiger partial charge is 0.311 e. The van der Waals surface area contributed by atoms with Crippen LogP contribution in [-0.2, 0) is 20.7 Å². The van der Waals surface area contributed by atoms with Gasteiger partial charge in [0.2, 0.25) is 5.91 Å². The van der Waals surface area contributed by atoms with Crippen molar-refractivity contribution in [2.24, 2.45) is 17.8 Å². The number of nitrogens with one attached hydrogen (secondary N) is 2. The summed E-state index contributed by atoms with van der Waals surface area (Å²) in [6, 6.07) is 5.63. The summed E-state index contributed by atoms with van der Waals surface area (Å²) in [5, 5.41) is 5.03. The number of esters is 1. The summed E-state index contributed by atoms with van der Waals surface area (Å²) in [5.74, 6) is 0.174. The topological polar surface area (TPSA) is 74.4 Å². The molecule has 1 aromatic carbocycles. The van der Waals surface area contributed by atoms with E-state index >= 15 is 0 Å². The van der Waals surface area contributed by atoms with Crippen LogP contribution < -0.4 is 5.32 Å². The van der Waals surface area contributed by atoms with Crippen LogP contribution in [0.3, 0.4) is 0 Å². The summed E-state index contributed by atoms with van der Waals surface area (Å²) >= 11 is 6.03. The summed E-state index contributed by atoms with van der Waals surface area (Å²) in [6.45, 7) is 4.98. The number of ether oxygens (including phenoxy) is 1. The third kappa shape index (κ3) is 3.56. The molecular formula is C20H24ClN3O3. The van der Waals surface area contributed by atoms with Crippen LogP contribution in [0.1, 0.15) is 12.5 Å². The number of rotatable bonds is 4. The number of H-pyrrole nitrogens is 1. The molecule has 2 aliphatic rings. The fourth-order valence-corrected chi connectivity index (χ4v) is 4.61. The second-order valence-corrected chi connectivity index (χ2v) is 7.86. The zero-order valence-electron chi connectivity index (χ0n) is 15.3. The molecular weight excluding hydrogens is 366 g/mol. The maximum Gasteiger partial charge on any atom is 0.311 e. The number of benzene rings is 1. The molecule has 1 amide bonds. The fourth-order valence-electron chi connectivity index (χ4n) is 4.44. The molecule has 2 aliphatic heterocycles. The van der Waals surface area contributed by atoms with Crippen molar-refractivity contribution in [2.75, 3.05) is 32.8 Å². The number of hydrogen-bond donors (Lipinski definition) is 2. The first-order chi connectivity index (χ1) is 13.1. The minimum absolute atomic E-state index is 0.0468. The van der Waals surface area contributed by atoms with E-state index in [-0.39, 0.29) is 23.7 Å². The van der Waals surface area contributed by atoms with Crippen molar-refractivity contribution in [3.8, 4) is 0 Å². The molecule has 144 valence electrons. The van der Waals surface area contributed by atoms with Crippen molar-refractivity contribution in [3.63, 3.8) is 0 Å². The first-order valence-electron chi connectivity index (χ1n) is 9.47. The summed E-state index contributed by atoms with van der Waals surface area (Å²) in [6.07, 6.45) is 2.17. The van der Waals surface area contributed by atoms with Crippen molar-refractivity contribution in [2.45, 2.75) is 13.3 Å². The van der Waals surface area contributed by atoms with Gasteiger partial charge in [0.05, 0.1) is 18.9 Å². The Kier molecular flexibility index (Phi) is 5.10. The quantitative estimate of drug-likeness (QED) is 0.786. The molecule has 2 fully saturated rings. The summed E-state index contributed by atoms with van der Waals surface area (Å²) in [5.41, 5.74) is 1.87. The van der Waals surface area contributed by atoms with Gasteiger partial charge in [-0.15, -0.1) is 0 Å². The number of nitrogens with zero attached hydrogens (tertiary/aromatic N) is 1. The zero-order valence-corrected chi connectivity index (χ0v) is 16.1. The lowest BCUT2D eigenvalue weighted by atomic mass is 9.79. The average molecular weight is 390 g/mol. The van der Waals surface area contributed by atoms with Crippen LogP contribution >= 0.6 is 11.6 Å². The number of hydrogen-bond acceptors (Lipinski definition) is 4. The molecule has 0 aliphatic carbocycles. The standard InChI is InChI=1S/C20H24ClN3O3/c1-2-27-20(26)17-11-24(10-13-7-22-9-16(13)17)19(25)5-12-8-23-18-6-14(21)3-4-15(12)18/h3-4,6,8,13,16-17,22-23H,2,5,7,9-11H2,1H3/t13?,16-,17?/m0/s1. The first kappa shape index (κ1) is 18.3. The van der Waals surface area contributed by atoms with Crippen molar-refractivity contribution in [1.29, 1.82) is 0 Å². The van der Waals surface area contributed by atoms with Crippen LogP contribution in [-0.4, -0.2) is 54.5 Å². The van der Waals surface area contributed by atoms with Gasteiger partial charge in [-0.05, 0) is 49.5 Å². The highest BCUT2D eigenvalue weighted by Crippen LogP contribution is 2.33. The van der Waals surface area contributed by atoms with Gasteiger partial charge < -0.3 is 19.9 Å². The molecule has 1 aromatic heterocycles. The normalized spacial score (nSPS) is 24.8. The van der Waals surface area contributed by atoms with Crippen LogP contribution in [0, 0.1) is 17.8 Å². The molecule has 0 spiro atoms. The van der Waals surface area contributed by atoms with Gasteiger partial charge in [0, 0.05) is 35.2 Å². The molecule has 2 aromatic rings. The number of piperidine rings is 1. The van der Waals surface area contributed by atoms with E-state index in [0.29, 0.717) is 37.1 Å². The van der Waals surface area contributed by atoms with Crippen molar-refractivity contribution in [3.05, 3.63) is 35.0 Å². The number of fused-ring (bicyclic) bond motifs is 2. The predicted octanol–water partition coefficient (Wildman–Crippen LogP) is 2.22. The molecule has 0 saturated carbocycles. The van der Waals surface area contributed by atoms with Gasteiger partial charge in [-0.3, -0.25) is 9.59 Å². The van der Waals surface area contributed by atoms with Gasteiger partial charge in [-0.25, -0.2) is 0 Å². The van der Waals surface area contributed by atoms with Crippen LogP contribution in [0.2, 0.25) is 5.02 Å². The molecule has 6 nitrogen and oxygen atoms in total. The highest BCUT2D eigenvalue weighted by atomic mass is 35.5. The van der Waals surface area contributed by atoms with Gasteiger partial charge in [0.1, 0.15) is 0 Å². The van der Waals surface area contributed by atoms with E-state index in [1.165, 1.54) is 0 Å². The molecule has 2 saturated heterocycles. The number of carbonyl (C=O) groups excluding carboxylic acids is 2. The molecule has 0 radical (unpaired) electrons. The Morgan fingerprint density at radius 2 is 2.15 bits per heavy atom. The van der Waals surface area contributed by atoms with Crippen LogP contribution in [0.15, 0.2) is 24.4 Å². The van der Waals surface area contributed by atoms with Gasteiger partial charge in [-0.2, -0.15) is 0 Å². The van der Waals surface area contributed by atoms with Crippen molar-refractivity contribution in [1.82, 2.24) is 15.2 Å². The third-order valence-corrected chi connectivity index (χ3v) is 6.03. The van der Waals surface area contributed by atoms with Crippen LogP contribution in [0.5, 0.6) is 0 Å². The minimum atomic E-state index is -0.246. The molecule has 0 bridgehead atoms. The van der Waals surface area contributed by atoms with E-state index in [1.54, 1.807) is 0 Å².